The van der Waals surface area contributed by atoms with E-state index >= 15 is 0 Å². The van der Waals surface area contributed by atoms with Gasteiger partial charge in [0.25, 0.3) is 5.56 Å². The minimum atomic E-state index is -3.77. The van der Waals surface area contributed by atoms with E-state index < -0.39 is 10.0 Å². The van der Waals surface area contributed by atoms with Gasteiger partial charge in [0.05, 0.1) is 16.0 Å². The predicted molar refractivity (Wildman–Crippen MR) is 109 cm³/mol. The molecule has 1 aliphatic carbocycles. The van der Waals surface area contributed by atoms with E-state index in [0.29, 0.717) is 16.2 Å². The number of sulfonamides is 1. The highest BCUT2D eigenvalue weighted by molar-refractivity contribution is 7.99. The Balaban J connectivity index is 1.43. The molecule has 2 aromatic heterocycles. The number of aromatic nitrogens is 2. The second-order valence-corrected chi connectivity index (χ2v) is 9.92. The van der Waals surface area contributed by atoms with Gasteiger partial charge in [-0.2, -0.15) is 0 Å². The van der Waals surface area contributed by atoms with E-state index in [-0.39, 0.29) is 22.1 Å². The van der Waals surface area contributed by atoms with Crippen molar-refractivity contribution in [3.8, 4) is 0 Å². The highest BCUT2D eigenvalue weighted by Crippen LogP contribution is 2.35. The summed E-state index contributed by atoms with van der Waals surface area (Å²) in [4.78, 5) is 33.7. The first kappa shape index (κ1) is 19.1. The highest BCUT2D eigenvalue weighted by atomic mass is 32.2. The summed E-state index contributed by atoms with van der Waals surface area (Å²) in [6.45, 7) is 0. The molecule has 11 heteroatoms. The lowest BCUT2D eigenvalue weighted by Gasteiger charge is -2.06. The number of amides is 1. The van der Waals surface area contributed by atoms with E-state index in [9.17, 15) is 18.0 Å². The topological polar surface area (TPSA) is 135 Å². The van der Waals surface area contributed by atoms with Crippen LogP contribution in [-0.2, 0) is 27.7 Å². The number of thiophene rings is 1. The van der Waals surface area contributed by atoms with Crippen LogP contribution in [0.3, 0.4) is 0 Å². The van der Waals surface area contributed by atoms with Crippen LogP contribution in [0.4, 0.5) is 5.69 Å². The molecule has 0 radical (unpaired) electrons. The number of carbonyl (C=O) groups excluding carboxylic acids is 1. The summed E-state index contributed by atoms with van der Waals surface area (Å²) in [5, 5.41) is 8.78. The van der Waals surface area contributed by atoms with Crippen LogP contribution in [0.15, 0.2) is 39.1 Å². The third-order valence-corrected chi connectivity index (χ3v) is 7.35. The number of anilines is 1. The Hall–Kier alpha value is -2.21. The predicted octanol–water partition coefficient (Wildman–Crippen LogP) is 1.85. The van der Waals surface area contributed by atoms with E-state index in [1.807, 2.05) is 0 Å². The Bertz CT molecular complexity index is 1230. The fourth-order valence-corrected chi connectivity index (χ4v) is 5.61. The zero-order chi connectivity index (χ0) is 19.9. The number of aryl methyl sites for hydroxylation is 2. The van der Waals surface area contributed by atoms with Crippen LogP contribution in [0.5, 0.6) is 0 Å². The largest absolute Gasteiger partial charge is 0.325 e. The van der Waals surface area contributed by atoms with Crippen LogP contribution in [0.25, 0.3) is 10.2 Å². The molecule has 1 aromatic carbocycles. The van der Waals surface area contributed by atoms with Gasteiger partial charge in [0.15, 0.2) is 5.16 Å². The van der Waals surface area contributed by atoms with Crippen molar-refractivity contribution in [3.05, 3.63) is 45.1 Å². The Kier molecular flexibility index (Phi) is 5.00. The zero-order valence-corrected chi connectivity index (χ0v) is 17.0. The monoisotopic (exact) mass is 436 g/mol. The third kappa shape index (κ3) is 3.83. The Morgan fingerprint density at radius 2 is 2.04 bits per heavy atom. The molecule has 8 nitrogen and oxygen atoms in total. The van der Waals surface area contributed by atoms with Crippen LogP contribution in [0.2, 0.25) is 0 Å². The molecule has 3 aromatic rings. The first-order valence-corrected chi connectivity index (χ1v) is 11.8. The number of hydrogen-bond acceptors (Lipinski definition) is 7. The van der Waals surface area contributed by atoms with Gasteiger partial charge in [0.1, 0.15) is 4.83 Å². The summed E-state index contributed by atoms with van der Waals surface area (Å²) in [5.74, 6) is -0.249. The molecular formula is C17H16N4O4S3. The van der Waals surface area contributed by atoms with Crippen molar-refractivity contribution in [2.45, 2.75) is 29.3 Å². The van der Waals surface area contributed by atoms with Crippen molar-refractivity contribution >= 4 is 54.9 Å². The second kappa shape index (κ2) is 7.32. The molecule has 0 bridgehead atoms. The van der Waals surface area contributed by atoms with Crippen molar-refractivity contribution in [2.24, 2.45) is 5.14 Å². The van der Waals surface area contributed by atoms with Crippen molar-refractivity contribution in [1.82, 2.24) is 9.97 Å². The number of H-pyrrole nitrogens is 1. The maximum Gasteiger partial charge on any atom is 0.260 e. The summed E-state index contributed by atoms with van der Waals surface area (Å²) in [6.07, 6.45) is 2.98. The van der Waals surface area contributed by atoms with E-state index in [0.717, 1.165) is 41.4 Å². The van der Waals surface area contributed by atoms with Crippen LogP contribution < -0.4 is 16.0 Å². The van der Waals surface area contributed by atoms with Crippen molar-refractivity contribution in [3.63, 3.8) is 0 Å². The summed E-state index contributed by atoms with van der Waals surface area (Å²) >= 11 is 2.69. The van der Waals surface area contributed by atoms with Gasteiger partial charge < -0.3 is 10.3 Å². The van der Waals surface area contributed by atoms with Gasteiger partial charge in [0, 0.05) is 10.6 Å². The van der Waals surface area contributed by atoms with Crippen molar-refractivity contribution in [2.75, 3.05) is 11.1 Å². The maximum absolute atomic E-state index is 12.4. The van der Waals surface area contributed by atoms with Gasteiger partial charge in [0.2, 0.25) is 15.9 Å². The van der Waals surface area contributed by atoms with Crippen LogP contribution >= 0.6 is 23.1 Å². The molecule has 0 spiro atoms. The molecule has 4 rings (SSSR count). The standard InChI is InChI=1S/C17H16N4O4S3/c18-28(24,25)10-6-4-9(5-7-10)19-13(22)8-26-17-20-15(23)14-11-2-1-3-12(11)27-16(14)21-17/h4-7H,1-3,8H2,(H,19,22)(H2,18,24,25)(H,20,21,23). The summed E-state index contributed by atoms with van der Waals surface area (Å²) in [6, 6.07) is 5.56. The molecule has 0 saturated heterocycles. The first-order chi connectivity index (χ1) is 13.3. The SMILES string of the molecule is NS(=O)(=O)c1ccc(NC(=O)CSc2nc3sc4c(c3c(=O)[nH]2)CCC4)cc1. The summed E-state index contributed by atoms with van der Waals surface area (Å²) < 4.78 is 22.5. The Labute approximate surface area is 168 Å². The van der Waals surface area contributed by atoms with Gasteiger partial charge in [-0.1, -0.05) is 11.8 Å². The smallest absolute Gasteiger partial charge is 0.260 e. The maximum atomic E-state index is 12.4. The Morgan fingerprint density at radius 1 is 1.29 bits per heavy atom. The number of carbonyl (C=O) groups is 1. The van der Waals surface area contributed by atoms with E-state index in [2.05, 4.69) is 15.3 Å². The minimum absolute atomic E-state index is 0.0298. The summed E-state index contributed by atoms with van der Waals surface area (Å²) in [5.41, 5.74) is 1.40. The van der Waals surface area contributed by atoms with Gasteiger partial charge in [-0.25, -0.2) is 18.5 Å². The first-order valence-electron chi connectivity index (χ1n) is 8.41. The van der Waals surface area contributed by atoms with E-state index in [1.165, 1.54) is 29.1 Å². The van der Waals surface area contributed by atoms with Crippen LogP contribution in [0.1, 0.15) is 16.9 Å². The van der Waals surface area contributed by atoms with E-state index in [4.69, 9.17) is 5.14 Å². The molecular weight excluding hydrogens is 420 g/mol. The number of nitrogens with two attached hydrogens (primary N) is 1. The average molecular weight is 437 g/mol. The number of aromatic amines is 1. The number of nitrogens with zero attached hydrogens (tertiary/aromatic N) is 1. The fraction of sp³-hybridized carbons (Fsp3) is 0.235. The molecule has 0 saturated carbocycles. The summed E-state index contributed by atoms with van der Waals surface area (Å²) in [7, 11) is -3.77. The quantitative estimate of drug-likeness (QED) is 0.413. The van der Waals surface area contributed by atoms with Gasteiger partial charge >= 0.3 is 0 Å². The molecule has 2 heterocycles. The van der Waals surface area contributed by atoms with Gasteiger partial charge in [-0.3, -0.25) is 9.59 Å². The molecule has 0 atom stereocenters. The van der Waals surface area contributed by atoms with Crippen molar-refractivity contribution in [1.29, 1.82) is 0 Å². The van der Waals surface area contributed by atoms with Gasteiger partial charge in [-0.05, 0) is 49.1 Å². The molecule has 146 valence electrons. The number of primary sulfonamides is 1. The molecule has 0 unspecified atom stereocenters. The molecule has 28 heavy (non-hydrogen) atoms. The van der Waals surface area contributed by atoms with Crippen molar-refractivity contribution < 1.29 is 13.2 Å². The number of benzene rings is 1. The molecule has 0 aliphatic heterocycles. The number of thioether (sulfide) groups is 1. The Morgan fingerprint density at radius 3 is 2.75 bits per heavy atom. The van der Waals surface area contributed by atoms with Crippen LogP contribution in [-0.4, -0.2) is 30.0 Å². The lowest BCUT2D eigenvalue weighted by atomic mass is 10.2. The number of rotatable bonds is 5. The molecule has 4 N–H and O–H groups in total. The average Bonchev–Trinajstić information content (AvgIpc) is 3.20. The fourth-order valence-electron chi connectivity index (χ4n) is 3.11. The number of hydrogen-bond donors (Lipinski definition) is 3. The van der Waals surface area contributed by atoms with E-state index in [1.54, 1.807) is 11.3 Å². The molecule has 1 amide bonds. The lowest BCUT2D eigenvalue weighted by Crippen LogP contribution is -2.16. The van der Waals surface area contributed by atoms with Gasteiger partial charge in [-0.15, -0.1) is 11.3 Å². The zero-order valence-electron chi connectivity index (χ0n) is 14.5. The van der Waals surface area contributed by atoms with Crippen LogP contribution in [0, 0.1) is 0 Å². The number of fused-ring (bicyclic) bond motifs is 3. The minimum Gasteiger partial charge on any atom is -0.325 e. The molecule has 1 aliphatic rings. The highest BCUT2D eigenvalue weighted by Gasteiger charge is 2.21. The lowest BCUT2D eigenvalue weighted by molar-refractivity contribution is -0.113. The molecule has 0 fully saturated rings. The number of nitrogens with one attached hydrogen (secondary N) is 2. The third-order valence-electron chi connectivity index (χ3n) is 4.36. The normalized spacial score (nSPS) is 13.6. The second-order valence-electron chi connectivity index (χ2n) is 6.31.